The molecule has 0 saturated heterocycles. The van der Waals surface area contributed by atoms with Gasteiger partial charge in [0.25, 0.3) is 0 Å². The number of methoxy groups -OCH3 is 1. The van der Waals surface area contributed by atoms with Crippen LogP contribution in [0.3, 0.4) is 0 Å². The lowest BCUT2D eigenvalue weighted by Crippen LogP contribution is -2.07. The summed E-state index contributed by atoms with van der Waals surface area (Å²) in [5.41, 5.74) is 0.612. The second-order valence-corrected chi connectivity index (χ2v) is 5.37. The van der Waals surface area contributed by atoms with Gasteiger partial charge >= 0.3 is 5.97 Å². The standard InChI is InChI=1S/C19H16O6/c1-11-16(24-12(2)20)9-8-15-18(21)17(10-23-19(11)15)25-14-6-4-13(22-3)5-7-14/h4-10H,1-3H3. The van der Waals surface area contributed by atoms with Gasteiger partial charge in [-0.1, -0.05) is 0 Å². The van der Waals surface area contributed by atoms with Crippen molar-refractivity contribution >= 4 is 16.9 Å². The van der Waals surface area contributed by atoms with E-state index in [4.69, 9.17) is 18.6 Å². The van der Waals surface area contributed by atoms with Crippen molar-refractivity contribution in [1.82, 2.24) is 0 Å². The summed E-state index contributed by atoms with van der Waals surface area (Å²) >= 11 is 0. The summed E-state index contributed by atoms with van der Waals surface area (Å²) in [5.74, 6) is 1.15. The van der Waals surface area contributed by atoms with E-state index in [1.807, 2.05) is 0 Å². The highest BCUT2D eigenvalue weighted by molar-refractivity contribution is 5.84. The lowest BCUT2D eigenvalue weighted by Gasteiger charge is -2.09. The first-order valence-electron chi connectivity index (χ1n) is 7.55. The fourth-order valence-electron chi connectivity index (χ4n) is 2.41. The zero-order valence-electron chi connectivity index (χ0n) is 14.0. The van der Waals surface area contributed by atoms with Gasteiger partial charge in [0.1, 0.15) is 29.1 Å². The maximum atomic E-state index is 12.6. The molecule has 3 rings (SSSR count). The monoisotopic (exact) mass is 340 g/mol. The van der Waals surface area contributed by atoms with Crippen molar-refractivity contribution in [3.63, 3.8) is 0 Å². The van der Waals surface area contributed by atoms with Crippen molar-refractivity contribution in [1.29, 1.82) is 0 Å². The van der Waals surface area contributed by atoms with E-state index in [1.165, 1.54) is 13.2 Å². The van der Waals surface area contributed by atoms with E-state index in [2.05, 4.69) is 0 Å². The largest absolute Gasteiger partial charge is 0.497 e. The summed E-state index contributed by atoms with van der Waals surface area (Å²) in [6, 6.07) is 9.95. The van der Waals surface area contributed by atoms with Crippen LogP contribution in [0, 0.1) is 6.92 Å². The summed E-state index contributed by atoms with van der Waals surface area (Å²) in [6.07, 6.45) is 1.25. The van der Waals surface area contributed by atoms with E-state index in [9.17, 15) is 9.59 Å². The Morgan fingerprint density at radius 3 is 2.32 bits per heavy atom. The predicted octanol–water partition coefficient (Wildman–Crippen LogP) is 3.83. The average molecular weight is 340 g/mol. The molecule has 128 valence electrons. The highest BCUT2D eigenvalue weighted by Crippen LogP contribution is 2.29. The first-order chi connectivity index (χ1) is 12.0. The van der Waals surface area contributed by atoms with Crippen LogP contribution in [-0.2, 0) is 4.79 Å². The predicted molar refractivity (Wildman–Crippen MR) is 91.6 cm³/mol. The number of fused-ring (bicyclic) bond motifs is 1. The van der Waals surface area contributed by atoms with Crippen molar-refractivity contribution in [2.24, 2.45) is 0 Å². The second-order valence-electron chi connectivity index (χ2n) is 5.37. The molecule has 6 heteroatoms. The Balaban J connectivity index is 1.99. The quantitative estimate of drug-likeness (QED) is 0.531. The van der Waals surface area contributed by atoms with Crippen LogP contribution in [0.5, 0.6) is 23.0 Å². The number of carbonyl (C=O) groups is 1. The normalized spacial score (nSPS) is 10.5. The molecule has 0 aliphatic carbocycles. The van der Waals surface area contributed by atoms with Crippen molar-refractivity contribution in [2.45, 2.75) is 13.8 Å². The van der Waals surface area contributed by atoms with E-state index in [0.717, 1.165) is 0 Å². The number of rotatable bonds is 4. The van der Waals surface area contributed by atoms with E-state index >= 15 is 0 Å². The van der Waals surface area contributed by atoms with Crippen LogP contribution in [-0.4, -0.2) is 13.1 Å². The van der Waals surface area contributed by atoms with E-state index in [1.54, 1.807) is 50.4 Å². The molecular formula is C19H16O6. The zero-order chi connectivity index (χ0) is 18.0. The number of hydrogen-bond acceptors (Lipinski definition) is 6. The molecule has 0 radical (unpaired) electrons. The number of benzene rings is 2. The van der Waals surface area contributed by atoms with Crippen molar-refractivity contribution in [3.8, 4) is 23.0 Å². The Kier molecular flexibility index (Phi) is 4.43. The fraction of sp³-hybridized carbons (Fsp3) is 0.158. The molecule has 0 amide bonds. The van der Waals surface area contributed by atoms with Gasteiger partial charge in [0, 0.05) is 12.5 Å². The van der Waals surface area contributed by atoms with Crippen LogP contribution in [0.4, 0.5) is 0 Å². The third-order valence-corrected chi connectivity index (χ3v) is 3.65. The van der Waals surface area contributed by atoms with Crippen molar-refractivity contribution in [2.75, 3.05) is 7.11 Å². The molecule has 0 fully saturated rings. The highest BCUT2D eigenvalue weighted by atomic mass is 16.5. The molecule has 0 N–H and O–H groups in total. The molecule has 0 spiro atoms. The summed E-state index contributed by atoms with van der Waals surface area (Å²) in [4.78, 5) is 23.8. The lowest BCUT2D eigenvalue weighted by molar-refractivity contribution is -0.131. The molecule has 3 aromatic rings. The molecule has 1 aromatic heterocycles. The van der Waals surface area contributed by atoms with Crippen LogP contribution >= 0.6 is 0 Å². The zero-order valence-corrected chi connectivity index (χ0v) is 14.0. The van der Waals surface area contributed by atoms with Gasteiger partial charge in [-0.25, -0.2) is 0 Å². The lowest BCUT2D eigenvalue weighted by atomic mass is 10.1. The molecule has 1 heterocycles. The third kappa shape index (κ3) is 3.33. The topological polar surface area (TPSA) is 75.0 Å². The van der Waals surface area contributed by atoms with E-state index in [-0.39, 0.29) is 11.2 Å². The van der Waals surface area contributed by atoms with Crippen molar-refractivity contribution < 1.29 is 23.4 Å². The smallest absolute Gasteiger partial charge is 0.308 e. The first kappa shape index (κ1) is 16.6. The van der Waals surface area contributed by atoms with Gasteiger partial charge in [0.05, 0.1) is 12.5 Å². The average Bonchev–Trinajstić information content (AvgIpc) is 2.60. The Morgan fingerprint density at radius 1 is 1.00 bits per heavy atom. The molecular weight excluding hydrogens is 324 g/mol. The maximum Gasteiger partial charge on any atom is 0.308 e. The number of esters is 1. The summed E-state index contributed by atoms with van der Waals surface area (Å²) in [7, 11) is 1.57. The summed E-state index contributed by atoms with van der Waals surface area (Å²) < 4.78 is 21.3. The molecule has 0 atom stereocenters. The molecule has 0 aliphatic heterocycles. The SMILES string of the molecule is COc1ccc(Oc2coc3c(C)c(OC(C)=O)ccc3c2=O)cc1. The molecule has 2 aromatic carbocycles. The van der Waals surface area contributed by atoms with E-state index in [0.29, 0.717) is 33.8 Å². The van der Waals surface area contributed by atoms with Gasteiger partial charge in [0.2, 0.25) is 11.2 Å². The molecule has 6 nitrogen and oxygen atoms in total. The Morgan fingerprint density at radius 2 is 1.68 bits per heavy atom. The van der Waals surface area contributed by atoms with Gasteiger partial charge in [0.15, 0.2) is 0 Å². The van der Waals surface area contributed by atoms with Gasteiger partial charge in [-0.2, -0.15) is 0 Å². The van der Waals surface area contributed by atoms with Gasteiger partial charge in [-0.15, -0.1) is 0 Å². The third-order valence-electron chi connectivity index (χ3n) is 3.65. The number of ether oxygens (including phenoxy) is 3. The minimum Gasteiger partial charge on any atom is -0.497 e. The number of aryl methyl sites for hydroxylation is 1. The van der Waals surface area contributed by atoms with Crippen LogP contribution in [0.1, 0.15) is 12.5 Å². The first-order valence-corrected chi connectivity index (χ1v) is 7.55. The van der Waals surface area contributed by atoms with Gasteiger partial charge in [-0.3, -0.25) is 9.59 Å². The summed E-state index contributed by atoms with van der Waals surface area (Å²) in [6.45, 7) is 3.03. The van der Waals surface area contributed by atoms with Crippen LogP contribution in [0.15, 0.2) is 51.9 Å². The van der Waals surface area contributed by atoms with E-state index < -0.39 is 5.97 Å². The Bertz CT molecular complexity index is 985. The molecule has 0 bridgehead atoms. The molecule has 0 aliphatic rings. The van der Waals surface area contributed by atoms with Gasteiger partial charge < -0.3 is 18.6 Å². The van der Waals surface area contributed by atoms with Crippen LogP contribution in [0.25, 0.3) is 11.0 Å². The number of carbonyl (C=O) groups excluding carboxylic acids is 1. The highest BCUT2D eigenvalue weighted by Gasteiger charge is 2.14. The van der Waals surface area contributed by atoms with Gasteiger partial charge in [-0.05, 0) is 43.3 Å². The van der Waals surface area contributed by atoms with Crippen LogP contribution < -0.4 is 19.6 Å². The minimum absolute atomic E-state index is 0.0669. The second kappa shape index (κ2) is 6.68. The molecule has 0 saturated carbocycles. The summed E-state index contributed by atoms with van der Waals surface area (Å²) in [5, 5.41) is 0.347. The molecule has 25 heavy (non-hydrogen) atoms. The Hall–Kier alpha value is -3.28. The number of hydrogen-bond donors (Lipinski definition) is 0. The minimum atomic E-state index is -0.441. The fourth-order valence-corrected chi connectivity index (χ4v) is 2.41. The maximum absolute atomic E-state index is 12.6. The Labute approximate surface area is 143 Å². The van der Waals surface area contributed by atoms with Crippen LogP contribution in [0.2, 0.25) is 0 Å². The molecule has 0 unspecified atom stereocenters. The van der Waals surface area contributed by atoms with Crippen molar-refractivity contribution in [3.05, 3.63) is 58.4 Å².